The molecule has 0 aliphatic rings. The molecule has 0 spiro atoms. The monoisotopic (exact) mass is 392 g/mol. The number of pyridine rings is 1. The van der Waals surface area contributed by atoms with Gasteiger partial charge in [0, 0.05) is 50.0 Å². The summed E-state index contributed by atoms with van der Waals surface area (Å²) in [6, 6.07) is 12.3. The Balaban J connectivity index is 2.00. The van der Waals surface area contributed by atoms with E-state index in [0.29, 0.717) is 23.4 Å². The van der Waals surface area contributed by atoms with Crippen molar-refractivity contribution in [3.8, 4) is 11.1 Å². The first-order chi connectivity index (χ1) is 14.0. The lowest BCUT2D eigenvalue weighted by molar-refractivity contribution is 0.101. The highest BCUT2D eigenvalue weighted by atomic mass is 16.5. The van der Waals surface area contributed by atoms with Crippen molar-refractivity contribution in [2.24, 2.45) is 0 Å². The van der Waals surface area contributed by atoms with Crippen LogP contribution in [0.4, 0.5) is 0 Å². The lowest BCUT2D eigenvalue weighted by Crippen LogP contribution is -2.26. The summed E-state index contributed by atoms with van der Waals surface area (Å²) >= 11 is 0. The van der Waals surface area contributed by atoms with Crippen LogP contribution in [0.3, 0.4) is 0 Å². The second-order valence-corrected chi connectivity index (χ2v) is 7.33. The van der Waals surface area contributed by atoms with Crippen molar-refractivity contribution < 1.29 is 14.3 Å². The summed E-state index contributed by atoms with van der Waals surface area (Å²) in [4.78, 5) is 26.0. The Morgan fingerprint density at radius 3 is 2.66 bits per heavy atom. The number of nitrogens with zero attached hydrogens (tertiary/aromatic N) is 2. The van der Waals surface area contributed by atoms with Crippen LogP contribution in [0.25, 0.3) is 16.6 Å². The average Bonchev–Trinajstić information content (AvgIpc) is 3.13. The lowest BCUT2D eigenvalue weighted by Gasteiger charge is -2.20. The van der Waals surface area contributed by atoms with Crippen LogP contribution >= 0.6 is 0 Å². The number of Topliss-reactive ketones (excluding diaryl/α,β-unsaturated/α-hetero) is 1. The molecule has 0 fully saturated rings. The van der Waals surface area contributed by atoms with Gasteiger partial charge in [0.2, 0.25) is 0 Å². The molecule has 3 aromatic rings. The van der Waals surface area contributed by atoms with Crippen LogP contribution in [-0.4, -0.2) is 48.2 Å². The molecule has 29 heavy (non-hydrogen) atoms. The highest BCUT2D eigenvalue weighted by molar-refractivity contribution is 5.98. The summed E-state index contributed by atoms with van der Waals surface area (Å²) in [5, 5.41) is 0. The first-order valence-corrected chi connectivity index (χ1v) is 9.90. The standard InChI is InChI=1S/C24H28N2O3/c1-5-25(9-10-29-4)14-19-7-6-8-20(11-19)21-12-23-13-22(16-27)17(2)24(18(3)28)26(23)15-21/h6-8,11-13,15-16H,5,9-10,14H2,1-4H3. The van der Waals surface area contributed by atoms with Crippen LogP contribution in [0.1, 0.15) is 45.8 Å². The highest BCUT2D eigenvalue weighted by Gasteiger charge is 2.15. The largest absolute Gasteiger partial charge is 0.383 e. The second kappa shape index (κ2) is 9.16. The number of fused-ring (bicyclic) bond motifs is 1. The maximum atomic E-state index is 12.2. The van der Waals surface area contributed by atoms with E-state index >= 15 is 0 Å². The number of ether oxygens (including phenoxy) is 1. The van der Waals surface area contributed by atoms with E-state index in [0.717, 1.165) is 42.6 Å². The molecule has 0 atom stereocenters. The van der Waals surface area contributed by atoms with E-state index < -0.39 is 0 Å². The van der Waals surface area contributed by atoms with Crippen LogP contribution in [0.15, 0.2) is 42.6 Å². The number of ketones is 1. The number of hydrogen-bond donors (Lipinski definition) is 0. The molecule has 152 valence electrons. The Morgan fingerprint density at radius 2 is 2.00 bits per heavy atom. The molecule has 0 aliphatic heterocycles. The first kappa shape index (κ1) is 21.0. The minimum Gasteiger partial charge on any atom is -0.383 e. The van der Waals surface area contributed by atoms with Gasteiger partial charge in [-0.3, -0.25) is 14.5 Å². The van der Waals surface area contributed by atoms with Crippen molar-refractivity contribution in [2.75, 3.05) is 26.8 Å². The molecule has 0 bridgehead atoms. The Labute approximate surface area is 171 Å². The summed E-state index contributed by atoms with van der Waals surface area (Å²) in [6.07, 6.45) is 2.80. The van der Waals surface area contributed by atoms with Crippen LogP contribution in [0.5, 0.6) is 0 Å². The minimum absolute atomic E-state index is 0.0520. The molecule has 0 aliphatic carbocycles. The first-order valence-electron chi connectivity index (χ1n) is 9.90. The van der Waals surface area contributed by atoms with Gasteiger partial charge in [-0.05, 0) is 48.4 Å². The second-order valence-electron chi connectivity index (χ2n) is 7.33. The molecule has 5 nitrogen and oxygen atoms in total. The van der Waals surface area contributed by atoms with Gasteiger partial charge < -0.3 is 9.14 Å². The van der Waals surface area contributed by atoms with E-state index in [9.17, 15) is 9.59 Å². The molecule has 0 radical (unpaired) electrons. The van der Waals surface area contributed by atoms with Crippen molar-refractivity contribution in [3.05, 3.63) is 65.0 Å². The number of aldehydes is 1. The molecule has 0 saturated heterocycles. The smallest absolute Gasteiger partial charge is 0.176 e. The molecule has 0 unspecified atom stereocenters. The summed E-state index contributed by atoms with van der Waals surface area (Å²) in [5.41, 5.74) is 6.02. The number of rotatable bonds is 9. The number of carbonyl (C=O) groups excluding carboxylic acids is 2. The van der Waals surface area contributed by atoms with E-state index in [1.165, 1.54) is 12.5 Å². The predicted octanol–water partition coefficient (Wildman–Crippen LogP) is 4.40. The average molecular weight is 392 g/mol. The van der Waals surface area contributed by atoms with Gasteiger partial charge in [0.1, 0.15) is 6.29 Å². The van der Waals surface area contributed by atoms with Gasteiger partial charge in [-0.1, -0.05) is 25.1 Å². The lowest BCUT2D eigenvalue weighted by atomic mass is 10.0. The maximum absolute atomic E-state index is 12.2. The van der Waals surface area contributed by atoms with Crippen molar-refractivity contribution in [1.29, 1.82) is 0 Å². The van der Waals surface area contributed by atoms with Gasteiger partial charge in [0.25, 0.3) is 0 Å². The van der Waals surface area contributed by atoms with E-state index in [1.807, 2.05) is 29.7 Å². The summed E-state index contributed by atoms with van der Waals surface area (Å²) < 4.78 is 7.09. The minimum atomic E-state index is -0.0520. The van der Waals surface area contributed by atoms with E-state index in [-0.39, 0.29) is 5.78 Å². The van der Waals surface area contributed by atoms with Crippen molar-refractivity contribution >= 4 is 17.6 Å². The Morgan fingerprint density at radius 1 is 1.21 bits per heavy atom. The van der Waals surface area contributed by atoms with Crippen LogP contribution in [0, 0.1) is 6.92 Å². The van der Waals surface area contributed by atoms with Crippen LogP contribution in [0.2, 0.25) is 0 Å². The molecule has 3 rings (SSSR count). The fourth-order valence-electron chi connectivity index (χ4n) is 3.76. The van der Waals surface area contributed by atoms with Crippen LogP contribution < -0.4 is 0 Å². The molecule has 0 saturated carbocycles. The molecule has 2 aromatic heterocycles. The maximum Gasteiger partial charge on any atom is 0.176 e. The molecular formula is C24H28N2O3. The fraction of sp³-hybridized carbons (Fsp3) is 0.333. The Hall–Kier alpha value is -2.76. The zero-order valence-corrected chi connectivity index (χ0v) is 17.6. The van der Waals surface area contributed by atoms with Crippen molar-refractivity contribution in [2.45, 2.75) is 27.3 Å². The third kappa shape index (κ3) is 4.47. The summed E-state index contributed by atoms with van der Waals surface area (Å²) in [5.74, 6) is -0.0520. The molecule has 0 amide bonds. The summed E-state index contributed by atoms with van der Waals surface area (Å²) in [6.45, 7) is 8.92. The number of methoxy groups -OCH3 is 1. The SMILES string of the molecule is CCN(CCOC)Cc1cccc(-c2cc3cc(C=O)c(C)c(C(C)=O)n3c2)c1. The quantitative estimate of drug-likeness (QED) is 0.400. The van der Waals surface area contributed by atoms with E-state index in [4.69, 9.17) is 4.74 Å². The number of benzene rings is 1. The van der Waals surface area contributed by atoms with E-state index in [2.05, 4.69) is 36.1 Å². The predicted molar refractivity (Wildman–Crippen MR) is 116 cm³/mol. The molecule has 5 heteroatoms. The number of hydrogen-bond acceptors (Lipinski definition) is 4. The molecule has 0 N–H and O–H groups in total. The highest BCUT2D eigenvalue weighted by Crippen LogP contribution is 2.27. The molecule has 1 aromatic carbocycles. The van der Waals surface area contributed by atoms with E-state index in [1.54, 1.807) is 7.11 Å². The fourth-order valence-corrected chi connectivity index (χ4v) is 3.76. The van der Waals surface area contributed by atoms with Gasteiger partial charge in [-0.2, -0.15) is 0 Å². The number of carbonyl (C=O) groups is 2. The van der Waals surface area contributed by atoms with Gasteiger partial charge in [-0.25, -0.2) is 0 Å². The van der Waals surface area contributed by atoms with Gasteiger partial charge in [0.05, 0.1) is 12.3 Å². The Bertz CT molecular complexity index is 1040. The van der Waals surface area contributed by atoms with Gasteiger partial charge >= 0.3 is 0 Å². The summed E-state index contributed by atoms with van der Waals surface area (Å²) in [7, 11) is 1.72. The molecular weight excluding hydrogens is 364 g/mol. The van der Waals surface area contributed by atoms with Gasteiger partial charge in [0.15, 0.2) is 5.78 Å². The zero-order valence-electron chi connectivity index (χ0n) is 17.6. The van der Waals surface area contributed by atoms with Crippen molar-refractivity contribution in [1.82, 2.24) is 9.30 Å². The molecule has 2 heterocycles. The number of aromatic nitrogens is 1. The van der Waals surface area contributed by atoms with Crippen molar-refractivity contribution in [3.63, 3.8) is 0 Å². The zero-order chi connectivity index (χ0) is 21.0. The van der Waals surface area contributed by atoms with Gasteiger partial charge in [-0.15, -0.1) is 0 Å². The third-order valence-corrected chi connectivity index (χ3v) is 5.37. The normalized spacial score (nSPS) is 11.3. The third-order valence-electron chi connectivity index (χ3n) is 5.37. The van der Waals surface area contributed by atoms with Crippen LogP contribution in [-0.2, 0) is 11.3 Å². The topological polar surface area (TPSA) is 51.0 Å². The Kier molecular flexibility index (Phi) is 6.62. The number of likely N-dealkylation sites (N-methyl/N-ethyl adjacent to an activating group) is 1.